The molecule has 1 amide bonds. The number of fused-ring (bicyclic) bond motifs is 1. The fraction of sp³-hybridized carbons (Fsp3) is 0.278. The molecule has 3 heterocycles. The number of rotatable bonds is 4. The van der Waals surface area contributed by atoms with Crippen molar-refractivity contribution in [2.45, 2.75) is 19.9 Å². The van der Waals surface area contributed by atoms with E-state index in [1.165, 1.54) is 0 Å². The molecule has 1 aromatic carbocycles. The van der Waals surface area contributed by atoms with Crippen molar-refractivity contribution in [2.24, 2.45) is 0 Å². The van der Waals surface area contributed by atoms with Crippen molar-refractivity contribution in [3.63, 3.8) is 0 Å². The number of aromatic amines is 2. The molecular formula is C18H18ClN5O2. The van der Waals surface area contributed by atoms with Gasteiger partial charge in [0.1, 0.15) is 11.6 Å². The fourth-order valence-electron chi connectivity index (χ4n) is 3.03. The number of benzene rings is 1. The smallest absolute Gasteiger partial charge is 0.260 e. The Labute approximate surface area is 155 Å². The molecule has 0 aliphatic carbocycles. The highest BCUT2D eigenvalue weighted by Gasteiger charge is 2.24. The lowest BCUT2D eigenvalue weighted by Crippen LogP contribution is -2.38. The number of imidazole rings is 1. The van der Waals surface area contributed by atoms with Gasteiger partial charge in [-0.25, -0.2) is 4.98 Å². The van der Waals surface area contributed by atoms with Crippen molar-refractivity contribution >= 4 is 17.5 Å². The van der Waals surface area contributed by atoms with Crippen LogP contribution in [0.4, 0.5) is 0 Å². The Hall–Kier alpha value is -2.80. The lowest BCUT2D eigenvalue weighted by molar-refractivity contribution is -0.134. The van der Waals surface area contributed by atoms with Crippen LogP contribution in [-0.4, -0.2) is 44.1 Å². The largest absolute Gasteiger partial charge is 0.483 e. The second-order valence-electron chi connectivity index (χ2n) is 6.26. The standard InChI is InChI=1S/C18H18ClN5O2/c1-11-6-13(19)2-3-16(11)26-10-17(25)24-5-4-14-15(9-24)23-18(22-14)12-7-20-21-8-12/h2-3,6-8H,4-5,9-10H2,1H3,(H,20,21)(H,22,23). The Kier molecular flexibility index (Phi) is 4.38. The van der Waals surface area contributed by atoms with Gasteiger partial charge in [0, 0.05) is 24.2 Å². The van der Waals surface area contributed by atoms with Crippen LogP contribution in [0.2, 0.25) is 5.02 Å². The van der Waals surface area contributed by atoms with Crippen molar-refractivity contribution in [1.29, 1.82) is 0 Å². The molecule has 4 rings (SSSR count). The van der Waals surface area contributed by atoms with E-state index in [0.717, 1.165) is 34.8 Å². The maximum atomic E-state index is 12.5. The number of nitrogens with zero attached hydrogens (tertiary/aromatic N) is 3. The van der Waals surface area contributed by atoms with Gasteiger partial charge in [-0.15, -0.1) is 0 Å². The minimum absolute atomic E-state index is 0.000526. The number of hydrogen-bond acceptors (Lipinski definition) is 4. The Morgan fingerprint density at radius 1 is 1.42 bits per heavy atom. The minimum atomic E-state index is -0.0514. The molecule has 8 heteroatoms. The van der Waals surface area contributed by atoms with Gasteiger partial charge >= 0.3 is 0 Å². The molecule has 0 unspecified atom stereocenters. The number of amides is 1. The first-order chi connectivity index (χ1) is 12.6. The topological polar surface area (TPSA) is 86.9 Å². The summed E-state index contributed by atoms with van der Waals surface area (Å²) >= 11 is 5.94. The first-order valence-corrected chi connectivity index (χ1v) is 8.71. The monoisotopic (exact) mass is 371 g/mol. The number of aryl methyl sites for hydroxylation is 1. The summed E-state index contributed by atoms with van der Waals surface area (Å²) in [5.74, 6) is 1.39. The maximum Gasteiger partial charge on any atom is 0.260 e. The van der Waals surface area contributed by atoms with Gasteiger partial charge in [0.15, 0.2) is 6.61 Å². The van der Waals surface area contributed by atoms with E-state index in [1.54, 1.807) is 29.4 Å². The van der Waals surface area contributed by atoms with Gasteiger partial charge < -0.3 is 14.6 Å². The van der Waals surface area contributed by atoms with Crippen LogP contribution < -0.4 is 4.74 Å². The van der Waals surface area contributed by atoms with E-state index < -0.39 is 0 Å². The van der Waals surface area contributed by atoms with Crippen LogP contribution in [0.25, 0.3) is 11.4 Å². The normalized spacial score (nSPS) is 13.5. The molecule has 3 aromatic rings. The van der Waals surface area contributed by atoms with Gasteiger partial charge in [-0.05, 0) is 30.7 Å². The number of halogens is 1. The molecule has 1 aliphatic rings. The SMILES string of the molecule is Cc1cc(Cl)ccc1OCC(=O)N1CCc2nc(-c3cn[nH]c3)[nH]c2C1. The molecule has 0 atom stereocenters. The second kappa shape index (κ2) is 6.84. The summed E-state index contributed by atoms with van der Waals surface area (Å²) in [7, 11) is 0. The van der Waals surface area contributed by atoms with Gasteiger partial charge in [-0.1, -0.05) is 11.6 Å². The predicted octanol–water partition coefficient (Wildman–Crippen LogP) is 2.73. The van der Waals surface area contributed by atoms with Crippen LogP contribution in [-0.2, 0) is 17.8 Å². The number of nitrogens with one attached hydrogen (secondary N) is 2. The van der Waals surface area contributed by atoms with Gasteiger partial charge in [0.25, 0.3) is 5.91 Å². The lowest BCUT2D eigenvalue weighted by atomic mass is 10.1. The van der Waals surface area contributed by atoms with Crippen molar-refractivity contribution in [3.8, 4) is 17.1 Å². The molecule has 0 saturated carbocycles. The highest BCUT2D eigenvalue weighted by atomic mass is 35.5. The molecule has 0 fully saturated rings. The predicted molar refractivity (Wildman–Crippen MR) is 97.0 cm³/mol. The van der Waals surface area contributed by atoms with E-state index in [9.17, 15) is 4.79 Å². The van der Waals surface area contributed by atoms with Crippen LogP contribution in [0.5, 0.6) is 5.75 Å². The second-order valence-corrected chi connectivity index (χ2v) is 6.70. The minimum Gasteiger partial charge on any atom is -0.483 e. The molecule has 0 saturated heterocycles. The zero-order valence-corrected chi connectivity index (χ0v) is 15.0. The van der Waals surface area contributed by atoms with E-state index in [2.05, 4.69) is 20.2 Å². The highest BCUT2D eigenvalue weighted by Crippen LogP contribution is 2.24. The van der Waals surface area contributed by atoms with Crippen molar-refractivity contribution in [2.75, 3.05) is 13.2 Å². The number of H-pyrrole nitrogens is 2. The first-order valence-electron chi connectivity index (χ1n) is 8.34. The average molecular weight is 372 g/mol. The van der Waals surface area contributed by atoms with Crippen LogP contribution >= 0.6 is 11.6 Å². The summed E-state index contributed by atoms with van der Waals surface area (Å²) in [5.41, 5.74) is 3.77. The molecule has 0 spiro atoms. The van der Waals surface area contributed by atoms with Crippen molar-refractivity contribution in [3.05, 3.63) is 52.6 Å². The zero-order chi connectivity index (χ0) is 18.1. The quantitative estimate of drug-likeness (QED) is 0.738. The number of aromatic nitrogens is 4. The van der Waals surface area contributed by atoms with E-state index >= 15 is 0 Å². The van der Waals surface area contributed by atoms with Crippen LogP contribution in [0, 0.1) is 6.92 Å². The fourth-order valence-corrected chi connectivity index (χ4v) is 3.26. The van der Waals surface area contributed by atoms with Gasteiger partial charge in [0.2, 0.25) is 0 Å². The summed E-state index contributed by atoms with van der Waals surface area (Å²) < 4.78 is 5.67. The Morgan fingerprint density at radius 3 is 3.08 bits per heavy atom. The van der Waals surface area contributed by atoms with E-state index in [4.69, 9.17) is 16.3 Å². The Morgan fingerprint density at radius 2 is 2.31 bits per heavy atom. The van der Waals surface area contributed by atoms with E-state index in [1.807, 2.05) is 13.0 Å². The number of carbonyl (C=O) groups is 1. The lowest BCUT2D eigenvalue weighted by Gasteiger charge is -2.26. The first kappa shape index (κ1) is 16.7. The molecule has 26 heavy (non-hydrogen) atoms. The molecule has 0 bridgehead atoms. The number of ether oxygens (including phenoxy) is 1. The summed E-state index contributed by atoms with van der Waals surface area (Å²) in [4.78, 5) is 22.2. The summed E-state index contributed by atoms with van der Waals surface area (Å²) in [6.45, 7) is 3.04. The summed E-state index contributed by atoms with van der Waals surface area (Å²) in [5, 5.41) is 7.37. The summed E-state index contributed by atoms with van der Waals surface area (Å²) in [6.07, 6.45) is 4.22. The van der Waals surface area contributed by atoms with E-state index in [0.29, 0.717) is 23.9 Å². The highest BCUT2D eigenvalue weighted by molar-refractivity contribution is 6.30. The molecule has 1 aliphatic heterocycles. The Balaban J connectivity index is 1.41. The third-order valence-corrected chi connectivity index (χ3v) is 4.68. The van der Waals surface area contributed by atoms with Gasteiger partial charge in [-0.3, -0.25) is 9.89 Å². The van der Waals surface area contributed by atoms with Crippen molar-refractivity contribution < 1.29 is 9.53 Å². The van der Waals surface area contributed by atoms with Crippen molar-refractivity contribution in [1.82, 2.24) is 25.1 Å². The van der Waals surface area contributed by atoms with E-state index in [-0.39, 0.29) is 12.5 Å². The maximum absolute atomic E-state index is 12.5. The third kappa shape index (κ3) is 3.30. The van der Waals surface area contributed by atoms with Crippen LogP contribution in [0.1, 0.15) is 17.0 Å². The Bertz CT molecular complexity index is 935. The van der Waals surface area contributed by atoms with Crippen LogP contribution in [0.3, 0.4) is 0 Å². The average Bonchev–Trinajstić information content (AvgIpc) is 3.29. The molecule has 2 N–H and O–H groups in total. The number of hydrogen-bond donors (Lipinski definition) is 2. The van der Waals surface area contributed by atoms with Crippen LogP contribution in [0.15, 0.2) is 30.6 Å². The third-order valence-electron chi connectivity index (χ3n) is 4.44. The molecule has 7 nitrogen and oxygen atoms in total. The molecular weight excluding hydrogens is 354 g/mol. The zero-order valence-electron chi connectivity index (χ0n) is 14.3. The summed E-state index contributed by atoms with van der Waals surface area (Å²) in [6, 6.07) is 5.35. The molecule has 0 radical (unpaired) electrons. The van der Waals surface area contributed by atoms with Gasteiger partial charge in [-0.2, -0.15) is 5.10 Å². The molecule has 134 valence electrons. The number of carbonyl (C=O) groups excluding carboxylic acids is 1. The molecule has 2 aromatic heterocycles. The van der Waals surface area contributed by atoms with Gasteiger partial charge in [0.05, 0.1) is 29.7 Å².